The molecule has 0 saturated carbocycles. The number of nitrogens with zero attached hydrogens (tertiary/aromatic N) is 4. The smallest absolute Gasteiger partial charge is 0.145 e. The Bertz CT molecular complexity index is 3110. The van der Waals surface area contributed by atoms with Crippen molar-refractivity contribution in [3.8, 4) is 44.6 Å². The van der Waals surface area contributed by atoms with Crippen molar-refractivity contribution in [1.29, 1.82) is 0 Å². The van der Waals surface area contributed by atoms with E-state index in [1.807, 2.05) is 6.07 Å². The van der Waals surface area contributed by atoms with Gasteiger partial charge >= 0.3 is 0 Å². The molecule has 4 nitrogen and oxygen atoms in total. The average Bonchev–Trinajstić information content (AvgIpc) is 3.92. The lowest BCUT2D eigenvalue weighted by atomic mass is 9.83. The first kappa shape index (κ1) is 32.2. The molecule has 0 spiro atoms. The fraction of sp³-hybridized carbons (Fsp3) is 0.0385. The van der Waals surface area contributed by atoms with Gasteiger partial charge in [0.15, 0.2) is 0 Å². The molecule has 0 fully saturated rings. The van der Waals surface area contributed by atoms with E-state index in [4.69, 9.17) is 9.97 Å². The Morgan fingerprint density at radius 2 is 0.804 bits per heavy atom. The summed E-state index contributed by atoms with van der Waals surface area (Å²) in [7, 11) is 0. The predicted molar refractivity (Wildman–Crippen MR) is 232 cm³/mol. The molecule has 0 amide bonds. The molecule has 0 radical (unpaired) electrons. The predicted octanol–water partition coefficient (Wildman–Crippen LogP) is 13.2. The molecule has 0 saturated heterocycles. The van der Waals surface area contributed by atoms with Gasteiger partial charge < -0.3 is 8.80 Å². The van der Waals surface area contributed by atoms with Crippen LogP contribution in [-0.4, -0.2) is 18.8 Å². The summed E-state index contributed by atoms with van der Waals surface area (Å²) < 4.78 is 4.28. The minimum Gasteiger partial charge on any atom is -0.306 e. The molecule has 10 aromatic rings. The van der Waals surface area contributed by atoms with Gasteiger partial charge in [0.25, 0.3) is 0 Å². The van der Waals surface area contributed by atoms with Crippen molar-refractivity contribution in [2.24, 2.45) is 0 Å². The molecule has 264 valence electrons. The average molecular weight is 717 g/mol. The number of aromatic nitrogens is 4. The van der Waals surface area contributed by atoms with E-state index in [1.54, 1.807) is 0 Å². The first-order valence-electron chi connectivity index (χ1n) is 19.3. The maximum absolute atomic E-state index is 5.17. The van der Waals surface area contributed by atoms with E-state index in [0.717, 1.165) is 57.8 Å². The summed E-state index contributed by atoms with van der Waals surface area (Å²) in [4.78, 5) is 10.3. The summed E-state index contributed by atoms with van der Waals surface area (Å²) >= 11 is 0. The number of rotatable bonds is 6. The van der Waals surface area contributed by atoms with E-state index in [-0.39, 0.29) is 0 Å². The Morgan fingerprint density at radius 1 is 0.357 bits per heavy atom. The summed E-state index contributed by atoms with van der Waals surface area (Å²) in [6.45, 7) is 0. The maximum Gasteiger partial charge on any atom is 0.145 e. The molecule has 0 N–H and O–H groups in total. The molecule has 11 rings (SSSR count). The van der Waals surface area contributed by atoms with Gasteiger partial charge in [-0.05, 0) is 97.6 Å². The van der Waals surface area contributed by atoms with E-state index >= 15 is 0 Å². The molecule has 0 atom stereocenters. The normalized spacial score (nSPS) is 13.1. The van der Waals surface area contributed by atoms with E-state index in [1.165, 1.54) is 54.9 Å². The molecular formula is C52H36N4. The number of imidazole rings is 2. The van der Waals surface area contributed by atoms with Crippen molar-refractivity contribution >= 4 is 44.0 Å². The first-order chi connectivity index (χ1) is 27.8. The third-order valence-corrected chi connectivity index (χ3v) is 11.3. The van der Waals surface area contributed by atoms with E-state index in [9.17, 15) is 0 Å². The second kappa shape index (κ2) is 13.2. The molecule has 4 heterocycles. The molecule has 0 unspecified atom stereocenters. The van der Waals surface area contributed by atoms with Crippen LogP contribution in [0.5, 0.6) is 0 Å². The summed E-state index contributed by atoms with van der Waals surface area (Å²) in [6.07, 6.45) is 15.0. The molecular weight excluding hydrogens is 681 g/mol. The van der Waals surface area contributed by atoms with E-state index < -0.39 is 0 Å². The quantitative estimate of drug-likeness (QED) is 0.161. The molecule has 0 bridgehead atoms. The van der Waals surface area contributed by atoms with Gasteiger partial charge in [-0.2, -0.15) is 0 Å². The zero-order valence-corrected chi connectivity index (χ0v) is 30.7. The lowest BCUT2D eigenvalue weighted by Crippen LogP contribution is -1.98. The number of fused-ring (bicyclic) bond motifs is 4. The van der Waals surface area contributed by atoms with Crippen molar-refractivity contribution < 1.29 is 0 Å². The number of hydrogen-bond donors (Lipinski definition) is 0. The van der Waals surface area contributed by atoms with Gasteiger partial charge in [0.2, 0.25) is 0 Å². The zero-order valence-electron chi connectivity index (χ0n) is 30.7. The van der Waals surface area contributed by atoms with Crippen molar-refractivity contribution in [2.75, 3.05) is 0 Å². The largest absolute Gasteiger partial charge is 0.306 e. The Balaban J connectivity index is 0.977. The van der Waals surface area contributed by atoms with Crippen molar-refractivity contribution in [2.45, 2.75) is 12.8 Å². The van der Waals surface area contributed by atoms with Gasteiger partial charge in [0.05, 0.1) is 11.4 Å². The minimum absolute atomic E-state index is 0.929. The van der Waals surface area contributed by atoms with Crippen LogP contribution in [0.2, 0.25) is 0 Å². The highest BCUT2D eigenvalue weighted by atomic mass is 15.0. The van der Waals surface area contributed by atoms with Crippen LogP contribution in [-0.2, 0) is 0 Å². The van der Waals surface area contributed by atoms with Crippen LogP contribution < -0.4 is 0 Å². The highest BCUT2D eigenvalue weighted by molar-refractivity contribution is 6.19. The lowest BCUT2D eigenvalue weighted by molar-refractivity contribution is 1.06. The molecule has 1 aliphatic carbocycles. The fourth-order valence-electron chi connectivity index (χ4n) is 8.66. The summed E-state index contributed by atoms with van der Waals surface area (Å²) in [5.41, 5.74) is 16.1. The van der Waals surface area contributed by atoms with E-state index in [2.05, 4.69) is 197 Å². The van der Waals surface area contributed by atoms with Crippen molar-refractivity contribution in [3.05, 3.63) is 206 Å². The number of benzene rings is 6. The molecule has 56 heavy (non-hydrogen) atoms. The fourth-order valence-corrected chi connectivity index (χ4v) is 8.66. The lowest BCUT2D eigenvalue weighted by Gasteiger charge is -2.21. The third kappa shape index (κ3) is 5.38. The van der Waals surface area contributed by atoms with Gasteiger partial charge in [-0.1, -0.05) is 146 Å². The second-order valence-corrected chi connectivity index (χ2v) is 14.6. The minimum atomic E-state index is 0.929. The van der Waals surface area contributed by atoms with Crippen LogP contribution in [0.4, 0.5) is 0 Å². The topological polar surface area (TPSA) is 34.6 Å². The van der Waals surface area contributed by atoms with Crippen molar-refractivity contribution in [3.63, 3.8) is 0 Å². The van der Waals surface area contributed by atoms with Gasteiger partial charge in [0.1, 0.15) is 11.3 Å². The molecule has 4 aromatic heterocycles. The summed E-state index contributed by atoms with van der Waals surface area (Å²) in [5, 5.41) is 5.09. The summed E-state index contributed by atoms with van der Waals surface area (Å²) in [5.74, 6) is 0. The molecule has 4 heteroatoms. The van der Waals surface area contributed by atoms with Crippen LogP contribution in [0.1, 0.15) is 24.1 Å². The highest BCUT2D eigenvalue weighted by Crippen LogP contribution is 2.44. The maximum atomic E-state index is 5.17. The molecule has 1 aliphatic rings. The Hall–Kier alpha value is -7.30. The number of hydrogen-bond acceptors (Lipinski definition) is 2. The van der Waals surface area contributed by atoms with Crippen LogP contribution in [0.3, 0.4) is 0 Å². The first-order valence-corrected chi connectivity index (χ1v) is 19.3. The second-order valence-electron chi connectivity index (χ2n) is 14.6. The van der Waals surface area contributed by atoms with Gasteiger partial charge in [-0.15, -0.1) is 0 Å². The third-order valence-electron chi connectivity index (χ3n) is 11.3. The SMILES string of the molecule is C1=C(c2cn3cccc(-c4ccccc4)c3n2)CCC(c2c3ccccc3c(-c3ccc(-c4cn5cccc(-c6ccccc6)c5n4)cc3)c3ccccc23)=C1. The van der Waals surface area contributed by atoms with Crippen LogP contribution >= 0.6 is 0 Å². The van der Waals surface area contributed by atoms with Gasteiger partial charge in [-0.3, -0.25) is 0 Å². The number of pyridine rings is 2. The Labute approximate surface area is 325 Å². The van der Waals surface area contributed by atoms with Crippen LogP contribution in [0, 0.1) is 0 Å². The van der Waals surface area contributed by atoms with E-state index in [0.29, 0.717) is 0 Å². The number of allylic oxidation sites excluding steroid dienone is 4. The Kier molecular flexibility index (Phi) is 7.59. The highest BCUT2D eigenvalue weighted by Gasteiger charge is 2.21. The van der Waals surface area contributed by atoms with Crippen LogP contribution in [0.15, 0.2) is 195 Å². The van der Waals surface area contributed by atoms with Gasteiger partial charge in [-0.25, -0.2) is 9.97 Å². The Morgan fingerprint density at radius 3 is 1.34 bits per heavy atom. The molecule has 6 aromatic carbocycles. The van der Waals surface area contributed by atoms with Crippen molar-refractivity contribution in [1.82, 2.24) is 18.8 Å². The summed E-state index contributed by atoms with van der Waals surface area (Å²) in [6, 6.07) is 56.3. The van der Waals surface area contributed by atoms with Gasteiger partial charge in [0, 0.05) is 41.5 Å². The monoisotopic (exact) mass is 716 g/mol. The zero-order chi connectivity index (χ0) is 37.0. The van der Waals surface area contributed by atoms with Crippen LogP contribution in [0.25, 0.3) is 88.6 Å². The standard InChI is InChI=1S/C52H36N4/c1-3-13-35(14-4-1)41-21-11-31-55-33-47(53-51(41)55)37-23-27-39(28-24-37)49-43-17-7-9-19-45(43)50(46-20-10-8-18-44(46)49)40-29-25-38(26-30-40)48-34-56-32-12-22-42(52(56)54-48)36-15-5-2-6-16-36/h1-25,27-29,31-34H,26,30H2. The molecule has 0 aliphatic heterocycles.